The average Bonchev–Trinajstić information content (AvgIpc) is 2.83. The van der Waals surface area contributed by atoms with Crippen LogP contribution in [0.4, 0.5) is 0 Å². The second-order valence-electron chi connectivity index (χ2n) is 4.93. The third kappa shape index (κ3) is 3.23. The summed E-state index contributed by atoms with van der Waals surface area (Å²) in [6.07, 6.45) is 6.61. The van der Waals surface area contributed by atoms with Crippen LogP contribution in [0.25, 0.3) is 16.8 Å². The molecule has 1 heterocycles. The SMILES string of the molecule is NS(=O)(=O)c1cccc(-c2ccccc2)c1C1=CN=CC=CN1. The summed E-state index contributed by atoms with van der Waals surface area (Å²) in [7, 11) is -3.88. The Bertz CT molecular complexity index is 914. The number of aliphatic imine (C=N–C) groups is 1. The summed E-state index contributed by atoms with van der Waals surface area (Å²) in [6.45, 7) is 0. The van der Waals surface area contributed by atoms with Gasteiger partial charge in [-0.1, -0.05) is 42.5 Å². The van der Waals surface area contributed by atoms with Gasteiger partial charge in [0.05, 0.1) is 16.8 Å². The summed E-state index contributed by atoms with van der Waals surface area (Å²) in [5.74, 6) is 0. The lowest BCUT2D eigenvalue weighted by atomic mass is 9.97. The number of benzene rings is 2. The van der Waals surface area contributed by atoms with Crippen LogP contribution in [0.15, 0.2) is 76.9 Å². The van der Waals surface area contributed by atoms with Crippen molar-refractivity contribution in [3.05, 3.63) is 72.6 Å². The number of primary sulfonamides is 1. The Morgan fingerprint density at radius 2 is 1.78 bits per heavy atom. The molecule has 5 nitrogen and oxygen atoms in total. The van der Waals surface area contributed by atoms with E-state index in [0.29, 0.717) is 11.3 Å². The van der Waals surface area contributed by atoms with E-state index in [1.807, 2.05) is 36.4 Å². The fourth-order valence-corrected chi connectivity index (χ4v) is 3.20. The van der Waals surface area contributed by atoms with Crippen molar-refractivity contribution in [3.8, 4) is 11.1 Å². The number of allylic oxidation sites excluding steroid dienone is 1. The van der Waals surface area contributed by atoms with Crippen LogP contribution in [0.2, 0.25) is 0 Å². The summed E-state index contributed by atoms with van der Waals surface area (Å²) >= 11 is 0. The average molecular weight is 325 g/mol. The molecule has 0 aromatic heterocycles. The van der Waals surface area contributed by atoms with E-state index in [1.54, 1.807) is 30.8 Å². The molecule has 1 aliphatic heterocycles. The highest BCUT2D eigenvalue weighted by Crippen LogP contribution is 2.33. The van der Waals surface area contributed by atoms with Gasteiger partial charge in [0.2, 0.25) is 10.0 Å². The van der Waals surface area contributed by atoms with Crippen molar-refractivity contribution >= 4 is 21.9 Å². The van der Waals surface area contributed by atoms with Gasteiger partial charge in [0, 0.05) is 18.0 Å². The molecule has 0 amide bonds. The van der Waals surface area contributed by atoms with Gasteiger partial charge in [-0.05, 0) is 23.3 Å². The second kappa shape index (κ2) is 6.20. The Labute approximate surface area is 134 Å². The molecule has 0 atom stereocenters. The highest BCUT2D eigenvalue weighted by molar-refractivity contribution is 7.89. The molecule has 0 unspecified atom stereocenters. The van der Waals surface area contributed by atoms with E-state index in [1.165, 1.54) is 6.07 Å². The zero-order valence-corrected chi connectivity index (χ0v) is 13.0. The van der Waals surface area contributed by atoms with Crippen LogP contribution < -0.4 is 10.5 Å². The lowest BCUT2D eigenvalue weighted by Crippen LogP contribution is -2.17. The normalized spacial score (nSPS) is 14.0. The van der Waals surface area contributed by atoms with Crippen LogP contribution in [-0.4, -0.2) is 14.6 Å². The Morgan fingerprint density at radius 1 is 1.00 bits per heavy atom. The Morgan fingerprint density at radius 3 is 2.52 bits per heavy atom. The summed E-state index contributed by atoms with van der Waals surface area (Å²) < 4.78 is 24.1. The number of rotatable bonds is 3. The van der Waals surface area contributed by atoms with Crippen molar-refractivity contribution in [1.29, 1.82) is 0 Å². The van der Waals surface area contributed by atoms with Gasteiger partial charge >= 0.3 is 0 Å². The molecule has 0 bridgehead atoms. The van der Waals surface area contributed by atoms with Crippen molar-refractivity contribution in [2.24, 2.45) is 10.1 Å². The molecule has 0 spiro atoms. The highest BCUT2D eigenvalue weighted by atomic mass is 32.2. The first-order chi connectivity index (χ1) is 11.1. The van der Waals surface area contributed by atoms with Crippen LogP contribution >= 0.6 is 0 Å². The fraction of sp³-hybridized carbons (Fsp3) is 0. The van der Waals surface area contributed by atoms with Crippen LogP contribution in [0.1, 0.15) is 5.56 Å². The van der Waals surface area contributed by atoms with Crippen LogP contribution in [0, 0.1) is 0 Å². The molecule has 0 saturated heterocycles. The topological polar surface area (TPSA) is 84.6 Å². The van der Waals surface area contributed by atoms with Gasteiger partial charge in [-0.2, -0.15) is 0 Å². The molecular weight excluding hydrogens is 310 g/mol. The van der Waals surface area contributed by atoms with Crippen molar-refractivity contribution < 1.29 is 8.42 Å². The fourth-order valence-electron chi connectivity index (χ4n) is 2.43. The first kappa shape index (κ1) is 15.2. The monoisotopic (exact) mass is 325 g/mol. The van der Waals surface area contributed by atoms with Crippen molar-refractivity contribution in [2.45, 2.75) is 4.90 Å². The number of hydrogen-bond donors (Lipinski definition) is 2. The number of hydrogen-bond acceptors (Lipinski definition) is 4. The maximum atomic E-state index is 12.0. The lowest BCUT2D eigenvalue weighted by molar-refractivity contribution is 0.597. The molecule has 0 fully saturated rings. The van der Waals surface area contributed by atoms with E-state index >= 15 is 0 Å². The van der Waals surface area contributed by atoms with E-state index in [2.05, 4.69) is 10.3 Å². The predicted octanol–water partition coefficient (Wildman–Crippen LogP) is 2.49. The Balaban J connectivity index is 2.31. The van der Waals surface area contributed by atoms with Crippen molar-refractivity contribution in [1.82, 2.24) is 5.32 Å². The van der Waals surface area contributed by atoms with Gasteiger partial charge in [0.25, 0.3) is 0 Å². The summed E-state index contributed by atoms with van der Waals surface area (Å²) in [4.78, 5) is 4.17. The standard InChI is InChI=1S/C17H15N3O2S/c18-23(21,22)16-9-4-8-14(13-6-2-1-3-7-13)17(16)15-12-19-10-5-11-20-15/h1-12,20H,(H2,18,21,22). The van der Waals surface area contributed by atoms with Crippen LogP contribution in [0.5, 0.6) is 0 Å². The van der Waals surface area contributed by atoms with Crippen LogP contribution in [0.3, 0.4) is 0 Å². The molecule has 0 saturated carbocycles. The predicted molar refractivity (Wildman–Crippen MR) is 92.0 cm³/mol. The second-order valence-corrected chi connectivity index (χ2v) is 6.46. The molecule has 3 N–H and O–H groups in total. The number of nitrogens with zero attached hydrogens (tertiary/aromatic N) is 1. The first-order valence-electron chi connectivity index (χ1n) is 6.94. The smallest absolute Gasteiger partial charge is 0.238 e. The van der Waals surface area contributed by atoms with E-state index in [9.17, 15) is 8.42 Å². The van der Waals surface area contributed by atoms with E-state index in [-0.39, 0.29) is 4.90 Å². The maximum Gasteiger partial charge on any atom is 0.238 e. The van der Waals surface area contributed by atoms with Gasteiger partial charge in [0.1, 0.15) is 0 Å². The minimum atomic E-state index is -3.88. The maximum absolute atomic E-state index is 12.0. The van der Waals surface area contributed by atoms with Crippen LogP contribution in [-0.2, 0) is 10.0 Å². The summed E-state index contributed by atoms with van der Waals surface area (Å²) in [5.41, 5.74) is 2.73. The molecule has 2 aromatic rings. The molecule has 0 radical (unpaired) electrons. The zero-order valence-electron chi connectivity index (χ0n) is 12.2. The molecule has 0 aliphatic carbocycles. The van der Waals surface area contributed by atoms with Crippen molar-refractivity contribution in [3.63, 3.8) is 0 Å². The molecule has 116 valence electrons. The largest absolute Gasteiger partial charge is 0.360 e. The molecule has 1 aliphatic rings. The number of sulfonamides is 1. The van der Waals surface area contributed by atoms with Gasteiger partial charge in [0.15, 0.2) is 0 Å². The van der Waals surface area contributed by atoms with E-state index < -0.39 is 10.0 Å². The minimum absolute atomic E-state index is 0.0584. The lowest BCUT2D eigenvalue weighted by Gasteiger charge is -2.16. The Kier molecular flexibility index (Phi) is 4.10. The minimum Gasteiger partial charge on any atom is -0.360 e. The number of nitrogens with one attached hydrogen (secondary N) is 1. The van der Waals surface area contributed by atoms with Gasteiger partial charge in [-0.3, -0.25) is 4.99 Å². The third-order valence-electron chi connectivity index (χ3n) is 3.40. The van der Waals surface area contributed by atoms with Gasteiger partial charge in [-0.15, -0.1) is 0 Å². The third-order valence-corrected chi connectivity index (χ3v) is 4.35. The zero-order chi connectivity index (χ0) is 16.3. The Hall–Kier alpha value is -2.70. The van der Waals surface area contributed by atoms with E-state index in [4.69, 9.17) is 5.14 Å². The number of nitrogens with two attached hydrogens (primary N) is 1. The molecule has 3 rings (SSSR count). The first-order valence-corrected chi connectivity index (χ1v) is 8.48. The van der Waals surface area contributed by atoms with Crippen molar-refractivity contribution in [2.75, 3.05) is 0 Å². The highest BCUT2D eigenvalue weighted by Gasteiger charge is 2.21. The molecule has 6 heteroatoms. The molecular formula is C17H15N3O2S. The van der Waals surface area contributed by atoms with E-state index in [0.717, 1.165) is 11.1 Å². The summed E-state index contributed by atoms with van der Waals surface area (Å²) in [6, 6.07) is 14.6. The molecule has 2 aromatic carbocycles. The van der Waals surface area contributed by atoms with Gasteiger partial charge in [-0.25, -0.2) is 13.6 Å². The quantitative estimate of drug-likeness (QED) is 0.909. The van der Waals surface area contributed by atoms with Gasteiger partial charge < -0.3 is 5.32 Å². The summed E-state index contributed by atoms with van der Waals surface area (Å²) in [5, 5.41) is 8.47. The molecule has 23 heavy (non-hydrogen) atoms.